The fourth-order valence-corrected chi connectivity index (χ4v) is 1.06. The van der Waals surface area contributed by atoms with E-state index in [2.05, 4.69) is 4.98 Å². The van der Waals surface area contributed by atoms with Gasteiger partial charge in [0.25, 0.3) is 5.56 Å². The maximum atomic E-state index is 11.2. The molecule has 13 heavy (non-hydrogen) atoms. The Kier molecular flexibility index (Phi) is 2.65. The molecular formula is C8H9N3O2. The summed E-state index contributed by atoms with van der Waals surface area (Å²) >= 11 is 0. The second-order valence-electron chi connectivity index (χ2n) is 2.59. The third-order valence-electron chi connectivity index (χ3n) is 1.60. The molecule has 1 aromatic rings. The van der Waals surface area contributed by atoms with Crippen molar-refractivity contribution in [2.24, 2.45) is 0 Å². The van der Waals surface area contributed by atoms with E-state index in [9.17, 15) is 9.59 Å². The van der Waals surface area contributed by atoms with Crippen molar-refractivity contribution in [1.82, 2.24) is 9.55 Å². The Labute approximate surface area is 74.3 Å². The molecule has 0 aliphatic carbocycles. The van der Waals surface area contributed by atoms with E-state index in [1.165, 1.54) is 4.57 Å². The van der Waals surface area contributed by atoms with Crippen molar-refractivity contribution in [3.05, 3.63) is 32.6 Å². The standard InChI is InChI=1S/C8H9N3O2/c1-2-3-11-6(5-9)4-7(12)10-8(11)13/h4H,2-3H2,1H3,(H,10,12,13). The summed E-state index contributed by atoms with van der Waals surface area (Å²) in [4.78, 5) is 24.1. The van der Waals surface area contributed by atoms with Gasteiger partial charge in [0.05, 0.1) is 0 Å². The second kappa shape index (κ2) is 3.72. The van der Waals surface area contributed by atoms with Crippen LogP contribution < -0.4 is 11.2 Å². The van der Waals surface area contributed by atoms with E-state index >= 15 is 0 Å². The first kappa shape index (κ1) is 9.26. The summed E-state index contributed by atoms with van der Waals surface area (Å²) in [5.74, 6) is 0. The summed E-state index contributed by atoms with van der Waals surface area (Å²) in [5.41, 5.74) is -0.949. The van der Waals surface area contributed by atoms with E-state index in [0.29, 0.717) is 6.54 Å². The molecule has 0 amide bonds. The quantitative estimate of drug-likeness (QED) is 0.683. The molecule has 0 saturated carbocycles. The Hall–Kier alpha value is -1.83. The molecular weight excluding hydrogens is 170 g/mol. The van der Waals surface area contributed by atoms with Gasteiger partial charge in [0, 0.05) is 12.6 Å². The number of nitrogens with zero attached hydrogens (tertiary/aromatic N) is 2. The first-order valence-electron chi connectivity index (χ1n) is 3.93. The molecule has 0 aliphatic heterocycles. The number of rotatable bonds is 2. The molecule has 0 radical (unpaired) electrons. The van der Waals surface area contributed by atoms with Gasteiger partial charge < -0.3 is 0 Å². The van der Waals surface area contributed by atoms with Gasteiger partial charge in [-0.3, -0.25) is 14.3 Å². The highest BCUT2D eigenvalue weighted by atomic mass is 16.2. The van der Waals surface area contributed by atoms with Crippen LogP contribution in [-0.4, -0.2) is 9.55 Å². The van der Waals surface area contributed by atoms with Crippen LogP contribution in [0.2, 0.25) is 0 Å². The molecule has 0 fully saturated rings. The van der Waals surface area contributed by atoms with Gasteiger partial charge in [0.1, 0.15) is 11.8 Å². The molecule has 0 bridgehead atoms. The molecule has 1 rings (SSSR count). The second-order valence-corrected chi connectivity index (χ2v) is 2.59. The lowest BCUT2D eigenvalue weighted by Crippen LogP contribution is -2.31. The highest BCUT2D eigenvalue weighted by Crippen LogP contribution is 1.91. The maximum absolute atomic E-state index is 11.2. The number of hydrogen-bond acceptors (Lipinski definition) is 3. The van der Waals surface area contributed by atoms with Crippen LogP contribution >= 0.6 is 0 Å². The van der Waals surface area contributed by atoms with Crippen LogP contribution in [0.25, 0.3) is 0 Å². The Balaban J connectivity index is 3.41. The van der Waals surface area contributed by atoms with Gasteiger partial charge in [-0.1, -0.05) is 6.92 Å². The zero-order chi connectivity index (χ0) is 9.84. The summed E-state index contributed by atoms with van der Waals surface area (Å²) in [6, 6.07) is 2.93. The Morgan fingerprint density at radius 1 is 1.62 bits per heavy atom. The largest absolute Gasteiger partial charge is 0.329 e. The van der Waals surface area contributed by atoms with Crippen LogP contribution in [-0.2, 0) is 6.54 Å². The summed E-state index contributed by atoms with van der Waals surface area (Å²) < 4.78 is 1.25. The molecule has 68 valence electrons. The van der Waals surface area contributed by atoms with Crippen LogP contribution in [0.4, 0.5) is 0 Å². The molecule has 1 heterocycles. The van der Waals surface area contributed by atoms with Gasteiger partial charge in [-0.15, -0.1) is 0 Å². The first-order chi connectivity index (χ1) is 6.19. The van der Waals surface area contributed by atoms with Gasteiger partial charge in [0.15, 0.2) is 0 Å². The normalized spacial score (nSPS) is 9.54. The lowest BCUT2D eigenvalue weighted by molar-refractivity contribution is 0.624. The van der Waals surface area contributed by atoms with E-state index in [0.717, 1.165) is 12.5 Å². The molecule has 0 unspecified atom stereocenters. The van der Waals surface area contributed by atoms with Crippen LogP contribution in [0.5, 0.6) is 0 Å². The van der Waals surface area contributed by atoms with Gasteiger partial charge in [-0.2, -0.15) is 5.26 Å². The molecule has 1 N–H and O–H groups in total. The predicted molar refractivity (Wildman–Crippen MR) is 46.3 cm³/mol. The predicted octanol–water partition coefficient (Wildman–Crippen LogP) is -0.182. The molecule has 0 saturated heterocycles. The summed E-state index contributed by atoms with van der Waals surface area (Å²) in [6.07, 6.45) is 0.737. The minimum Gasteiger partial charge on any atom is -0.285 e. The Morgan fingerprint density at radius 2 is 2.31 bits per heavy atom. The van der Waals surface area contributed by atoms with Crippen LogP contribution in [0.1, 0.15) is 19.0 Å². The van der Waals surface area contributed by atoms with E-state index in [1.54, 1.807) is 6.07 Å². The van der Waals surface area contributed by atoms with Crippen molar-refractivity contribution in [3.8, 4) is 6.07 Å². The van der Waals surface area contributed by atoms with E-state index in [1.807, 2.05) is 6.92 Å². The summed E-state index contributed by atoms with van der Waals surface area (Å²) in [6.45, 7) is 2.33. The van der Waals surface area contributed by atoms with Crippen LogP contribution in [0, 0.1) is 11.3 Å². The number of nitrogens with one attached hydrogen (secondary N) is 1. The fourth-order valence-electron chi connectivity index (χ4n) is 1.06. The highest BCUT2D eigenvalue weighted by Gasteiger charge is 2.03. The van der Waals surface area contributed by atoms with E-state index in [4.69, 9.17) is 5.26 Å². The smallest absolute Gasteiger partial charge is 0.285 e. The van der Waals surface area contributed by atoms with E-state index < -0.39 is 11.2 Å². The zero-order valence-corrected chi connectivity index (χ0v) is 7.20. The third kappa shape index (κ3) is 1.85. The molecule has 1 aromatic heterocycles. The van der Waals surface area contributed by atoms with Gasteiger partial charge in [-0.25, -0.2) is 4.79 Å². The van der Waals surface area contributed by atoms with Crippen molar-refractivity contribution in [1.29, 1.82) is 5.26 Å². The summed E-state index contributed by atoms with van der Waals surface area (Å²) in [5, 5.41) is 8.63. The van der Waals surface area contributed by atoms with Crippen molar-refractivity contribution in [2.45, 2.75) is 19.9 Å². The summed E-state index contributed by atoms with van der Waals surface area (Å²) in [7, 11) is 0. The van der Waals surface area contributed by atoms with Gasteiger partial charge >= 0.3 is 5.69 Å². The fraction of sp³-hybridized carbons (Fsp3) is 0.375. The lowest BCUT2D eigenvalue weighted by atomic mass is 10.4. The SMILES string of the molecule is CCCn1c(C#N)cc(=O)[nH]c1=O. The van der Waals surface area contributed by atoms with Crippen molar-refractivity contribution < 1.29 is 0 Å². The number of aromatic nitrogens is 2. The van der Waals surface area contributed by atoms with Gasteiger partial charge in [-0.05, 0) is 6.42 Å². The van der Waals surface area contributed by atoms with E-state index in [-0.39, 0.29) is 5.69 Å². The molecule has 5 heteroatoms. The lowest BCUT2D eigenvalue weighted by Gasteiger charge is -2.03. The number of hydrogen-bond donors (Lipinski definition) is 1. The van der Waals surface area contributed by atoms with Crippen LogP contribution in [0.15, 0.2) is 15.7 Å². The van der Waals surface area contributed by atoms with Crippen molar-refractivity contribution >= 4 is 0 Å². The average molecular weight is 179 g/mol. The molecule has 0 aromatic carbocycles. The maximum Gasteiger partial charge on any atom is 0.329 e. The number of nitriles is 1. The van der Waals surface area contributed by atoms with Crippen molar-refractivity contribution in [3.63, 3.8) is 0 Å². The first-order valence-corrected chi connectivity index (χ1v) is 3.93. The molecule has 5 nitrogen and oxygen atoms in total. The minimum atomic E-state index is -0.533. The number of H-pyrrole nitrogens is 1. The van der Waals surface area contributed by atoms with Gasteiger partial charge in [0.2, 0.25) is 0 Å². The minimum absolute atomic E-state index is 0.107. The monoisotopic (exact) mass is 179 g/mol. The number of aromatic amines is 1. The average Bonchev–Trinajstić information content (AvgIpc) is 2.09. The Bertz CT molecular complexity index is 450. The molecule has 0 aliphatic rings. The third-order valence-corrected chi connectivity index (χ3v) is 1.60. The molecule has 0 atom stereocenters. The molecule has 0 spiro atoms. The zero-order valence-electron chi connectivity index (χ0n) is 7.20. The topological polar surface area (TPSA) is 78.7 Å². The highest BCUT2D eigenvalue weighted by molar-refractivity contribution is 5.18. The van der Waals surface area contributed by atoms with Crippen molar-refractivity contribution in [2.75, 3.05) is 0 Å². The Morgan fingerprint density at radius 3 is 2.85 bits per heavy atom. The van der Waals surface area contributed by atoms with Crippen LogP contribution in [0.3, 0.4) is 0 Å².